The van der Waals surface area contributed by atoms with Gasteiger partial charge >= 0.3 is 0 Å². The summed E-state index contributed by atoms with van der Waals surface area (Å²) >= 11 is 0. The van der Waals surface area contributed by atoms with E-state index in [0.717, 1.165) is 29.7 Å². The molecule has 0 amide bonds. The van der Waals surface area contributed by atoms with E-state index in [2.05, 4.69) is 24.3 Å². The van der Waals surface area contributed by atoms with Gasteiger partial charge in [-0.3, -0.25) is 4.79 Å². The summed E-state index contributed by atoms with van der Waals surface area (Å²) in [5.74, 6) is 1.56. The van der Waals surface area contributed by atoms with E-state index in [1.54, 1.807) is 7.11 Å². The molecule has 2 heteroatoms. The van der Waals surface area contributed by atoms with Crippen molar-refractivity contribution < 1.29 is 9.53 Å². The summed E-state index contributed by atoms with van der Waals surface area (Å²) in [5, 5.41) is 0. The van der Waals surface area contributed by atoms with Crippen LogP contribution < -0.4 is 4.74 Å². The second kappa shape index (κ2) is 6.61. The predicted octanol–water partition coefficient (Wildman–Crippen LogP) is 4.62. The first-order chi connectivity index (χ1) is 10.8. The summed E-state index contributed by atoms with van der Waals surface area (Å²) in [4.78, 5) is 12.2. The standard InChI is InChI=1S/C20H20O2/c1-22-19-10-7-15(8-11-19)13-18-14-17(9-12-20(18)21)16-5-3-2-4-6-16/h2-8,10-11,13,17H,9,12,14H2,1H3. The number of Topliss-reactive ketones (excluding diaryl/α,β-unsaturated/α-hetero) is 1. The Morgan fingerprint density at radius 1 is 1.05 bits per heavy atom. The van der Waals surface area contributed by atoms with Crippen molar-refractivity contribution in [3.8, 4) is 5.75 Å². The maximum atomic E-state index is 12.2. The third-order valence-corrected chi connectivity index (χ3v) is 4.27. The summed E-state index contributed by atoms with van der Waals surface area (Å²) in [5.41, 5.74) is 3.32. The highest BCUT2D eigenvalue weighted by Crippen LogP contribution is 2.34. The maximum Gasteiger partial charge on any atom is 0.158 e. The molecule has 1 saturated carbocycles. The lowest BCUT2D eigenvalue weighted by molar-refractivity contribution is -0.116. The number of allylic oxidation sites excluding steroid dienone is 1. The van der Waals surface area contributed by atoms with Crippen molar-refractivity contribution in [2.75, 3.05) is 7.11 Å². The molecule has 1 fully saturated rings. The minimum Gasteiger partial charge on any atom is -0.497 e. The van der Waals surface area contributed by atoms with Crippen molar-refractivity contribution in [1.29, 1.82) is 0 Å². The van der Waals surface area contributed by atoms with E-state index in [9.17, 15) is 4.79 Å². The molecule has 1 aliphatic carbocycles. The van der Waals surface area contributed by atoms with Crippen LogP contribution in [0, 0.1) is 0 Å². The predicted molar refractivity (Wildman–Crippen MR) is 89.0 cm³/mol. The number of ketones is 1. The maximum absolute atomic E-state index is 12.2. The average Bonchev–Trinajstić information content (AvgIpc) is 2.58. The Hall–Kier alpha value is -2.35. The van der Waals surface area contributed by atoms with Crippen molar-refractivity contribution in [3.63, 3.8) is 0 Å². The lowest BCUT2D eigenvalue weighted by atomic mass is 9.80. The molecule has 1 unspecified atom stereocenters. The Morgan fingerprint density at radius 2 is 1.77 bits per heavy atom. The van der Waals surface area contributed by atoms with Gasteiger partial charge in [-0.25, -0.2) is 0 Å². The smallest absolute Gasteiger partial charge is 0.158 e. The summed E-state index contributed by atoms with van der Waals surface area (Å²) in [6, 6.07) is 18.3. The molecule has 2 nitrogen and oxygen atoms in total. The quantitative estimate of drug-likeness (QED) is 0.772. The first kappa shape index (κ1) is 14.6. The molecule has 0 spiro atoms. The number of hydrogen-bond acceptors (Lipinski definition) is 2. The molecule has 22 heavy (non-hydrogen) atoms. The molecule has 3 rings (SSSR count). The van der Waals surface area contributed by atoms with E-state index in [4.69, 9.17) is 4.74 Å². The second-order valence-electron chi connectivity index (χ2n) is 5.72. The number of hydrogen-bond donors (Lipinski definition) is 0. The van der Waals surface area contributed by atoms with Gasteiger partial charge in [-0.1, -0.05) is 42.5 Å². The van der Waals surface area contributed by atoms with E-state index in [1.165, 1.54) is 5.56 Å². The van der Waals surface area contributed by atoms with Crippen molar-refractivity contribution >= 4 is 11.9 Å². The molecule has 2 aromatic rings. The van der Waals surface area contributed by atoms with E-state index < -0.39 is 0 Å². The van der Waals surface area contributed by atoms with Gasteiger partial charge in [0.25, 0.3) is 0 Å². The number of benzene rings is 2. The van der Waals surface area contributed by atoms with Crippen LogP contribution in [-0.2, 0) is 4.79 Å². The lowest BCUT2D eigenvalue weighted by Gasteiger charge is -2.23. The fourth-order valence-corrected chi connectivity index (χ4v) is 3.00. The fourth-order valence-electron chi connectivity index (χ4n) is 3.00. The normalized spacial score (nSPS) is 20.1. The van der Waals surface area contributed by atoms with E-state index in [0.29, 0.717) is 12.3 Å². The van der Waals surface area contributed by atoms with Crippen LogP contribution in [0.15, 0.2) is 60.2 Å². The summed E-state index contributed by atoms with van der Waals surface area (Å²) in [6.07, 6.45) is 4.44. The molecule has 0 aromatic heterocycles. The zero-order valence-electron chi connectivity index (χ0n) is 12.8. The highest BCUT2D eigenvalue weighted by molar-refractivity contribution is 6.00. The van der Waals surface area contributed by atoms with Gasteiger partial charge in [0.15, 0.2) is 5.78 Å². The van der Waals surface area contributed by atoms with Crippen LogP contribution >= 0.6 is 0 Å². The van der Waals surface area contributed by atoms with E-state index in [1.807, 2.05) is 36.4 Å². The molecule has 2 aromatic carbocycles. The molecule has 0 bridgehead atoms. The van der Waals surface area contributed by atoms with E-state index in [-0.39, 0.29) is 5.78 Å². The van der Waals surface area contributed by atoms with Gasteiger partial charge < -0.3 is 4.74 Å². The minimum atomic E-state index is 0.281. The molecular weight excluding hydrogens is 272 g/mol. The van der Waals surface area contributed by atoms with Crippen LogP contribution in [-0.4, -0.2) is 12.9 Å². The summed E-state index contributed by atoms with van der Waals surface area (Å²) in [7, 11) is 1.66. The zero-order valence-corrected chi connectivity index (χ0v) is 12.8. The van der Waals surface area contributed by atoms with Crippen LogP contribution in [0.25, 0.3) is 6.08 Å². The average molecular weight is 292 g/mol. The highest BCUT2D eigenvalue weighted by Gasteiger charge is 2.24. The first-order valence-corrected chi connectivity index (χ1v) is 7.69. The van der Waals surface area contributed by atoms with Crippen molar-refractivity contribution in [2.24, 2.45) is 0 Å². The molecule has 0 N–H and O–H groups in total. The van der Waals surface area contributed by atoms with Gasteiger partial charge in [-0.05, 0) is 53.7 Å². The number of carbonyl (C=O) groups is 1. The SMILES string of the molecule is COc1ccc(C=C2CC(c3ccccc3)CCC2=O)cc1. The third-order valence-electron chi connectivity index (χ3n) is 4.27. The molecular formula is C20H20O2. The number of methoxy groups -OCH3 is 1. The van der Waals surface area contributed by atoms with Gasteiger partial charge in [0.2, 0.25) is 0 Å². The molecule has 0 heterocycles. The van der Waals surface area contributed by atoms with Crippen LogP contribution in [0.3, 0.4) is 0 Å². The molecule has 1 atom stereocenters. The molecule has 0 saturated heterocycles. The minimum absolute atomic E-state index is 0.281. The van der Waals surface area contributed by atoms with Gasteiger partial charge in [0.05, 0.1) is 7.11 Å². The van der Waals surface area contributed by atoms with Crippen LogP contribution in [0.4, 0.5) is 0 Å². The van der Waals surface area contributed by atoms with Gasteiger partial charge in [-0.2, -0.15) is 0 Å². The molecule has 0 aliphatic heterocycles. The van der Waals surface area contributed by atoms with E-state index >= 15 is 0 Å². The van der Waals surface area contributed by atoms with Crippen LogP contribution in [0.5, 0.6) is 5.75 Å². The Morgan fingerprint density at radius 3 is 2.45 bits per heavy atom. The summed E-state index contributed by atoms with van der Waals surface area (Å²) < 4.78 is 5.17. The second-order valence-corrected chi connectivity index (χ2v) is 5.72. The van der Waals surface area contributed by atoms with Gasteiger partial charge in [-0.15, -0.1) is 0 Å². The number of ether oxygens (including phenoxy) is 1. The highest BCUT2D eigenvalue weighted by atomic mass is 16.5. The largest absolute Gasteiger partial charge is 0.497 e. The van der Waals surface area contributed by atoms with Crippen molar-refractivity contribution in [1.82, 2.24) is 0 Å². The topological polar surface area (TPSA) is 26.3 Å². The number of carbonyl (C=O) groups excluding carboxylic acids is 1. The monoisotopic (exact) mass is 292 g/mol. The Kier molecular flexibility index (Phi) is 4.38. The lowest BCUT2D eigenvalue weighted by Crippen LogP contribution is -2.15. The molecule has 112 valence electrons. The Labute approximate surface area is 131 Å². The van der Waals surface area contributed by atoms with Crippen molar-refractivity contribution in [2.45, 2.75) is 25.2 Å². The zero-order chi connectivity index (χ0) is 15.4. The Balaban J connectivity index is 1.81. The Bertz CT molecular complexity index is 669. The number of rotatable bonds is 3. The third kappa shape index (κ3) is 3.28. The van der Waals surface area contributed by atoms with Crippen molar-refractivity contribution in [3.05, 3.63) is 71.3 Å². The molecule has 0 radical (unpaired) electrons. The van der Waals surface area contributed by atoms with Gasteiger partial charge in [0, 0.05) is 6.42 Å². The van der Waals surface area contributed by atoms with Crippen LogP contribution in [0.2, 0.25) is 0 Å². The van der Waals surface area contributed by atoms with Gasteiger partial charge in [0.1, 0.15) is 5.75 Å². The van der Waals surface area contributed by atoms with Crippen LogP contribution in [0.1, 0.15) is 36.3 Å². The summed E-state index contributed by atoms with van der Waals surface area (Å²) in [6.45, 7) is 0. The first-order valence-electron chi connectivity index (χ1n) is 7.69. The molecule has 1 aliphatic rings. The fraction of sp³-hybridized carbons (Fsp3) is 0.250.